The summed E-state index contributed by atoms with van der Waals surface area (Å²) in [6.45, 7) is 4.81. The molecule has 24 heavy (non-hydrogen) atoms. The smallest absolute Gasteiger partial charge is 0.253 e. The Morgan fingerprint density at radius 1 is 1.17 bits per heavy atom. The second kappa shape index (κ2) is 8.18. The van der Waals surface area contributed by atoms with Crippen molar-refractivity contribution >= 4 is 18.3 Å². The number of ether oxygens (including phenoxy) is 1. The van der Waals surface area contributed by atoms with E-state index >= 15 is 0 Å². The molecule has 2 aromatic rings. The molecule has 1 aliphatic rings. The van der Waals surface area contributed by atoms with Gasteiger partial charge in [-0.25, -0.2) is 0 Å². The highest BCUT2D eigenvalue weighted by Gasteiger charge is 2.16. The number of benzene rings is 2. The van der Waals surface area contributed by atoms with Crippen molar-refractivity contribution in [3.8, 4) is 5.75 Å². The Balaban J connectivity index is 0.00000208. The summed E-state index contributed by atoms with van der Waals surface area (Å²) in [7, 11) is 1.81. The van der Waals surface area contributed by atoms with Crippen molar-refractivity contribution in [1.29, 1.82) is 0 Å². The highest BCUT2D eigenvalue weighted by atomic mass is 35.5. The van der Waals surface area contributed by atoms with Gasteiger partial charge in [-0.05, 0) is 47.9 Å². The Labute approximate surface area is 149 Å². The van der Waals surface area contributed by atoms with Crippen molar-refractivity contribution in [2.75, 3.05) is 20.2 Å². The van der Waals surface area contributed by atoms with E-state index in [0.717, 1.165) is 24.4 Å². The molecule has 3 rings (SSSR count). The third kappa shape index (κ3) is 4.28. The normalized spacial score (nSPS) is 12.2. The van der Waals surface area contributed by atoms with Gasteiger partial charge in [0.2, 0.25) is 0 Å². The van der Waals surface area contributed by atoms with Crippen LogP contribution in [0.15, 0.2) is 42.5 Å². The number of hydrogen-bond acceptors (Lipinski definition) is 3. The van der Waals surface area contributed by atoms with Crippen molar-refractivity contribution in [3.63, 3.8) is 0 Å². The molecule has 0 fully saturated rings. The van der Waals surface area contributed by atoms with Gasteiger partial charge in [0.1, 0.15) is 12.4 Å². The number of nitrogens with one attached hydrogen (secondary N) is 1. The van der Waals surface area contributed by atoms with Crippen molar-refractivity contribution in [3.05, 3.63) is 64.7 Å². The molecule has 0 saturated heterocycles. The second-order valence-corrected chi connectivity index (χ2v) is 5.98. The summed E-state index contributed by atoms with van der Waals surface area (Å²) >= 11 is 0. The second-order valence-electron chi connectivity index (χ2n) is 5.98. The Morgan fingerprint density at radius 2 is 1.96 bits per heavy atom. The standard InChI is InChI=1S/C19H22N2O2.ClH/c1-14-4-3-5-18(10-14)23-9-8-21(2)19(22)15-6-7-16-12-20-13-17(16)11-15;/h3-7,10-11,20H,8-9,12-13H2,1-2H3;1H. The van der Waals surface area contributed by atoms with Crippen LogP contribution < -0.4 is 10.1 Å². The number of rotatable bonds is 5. The molecule has 0 atom stereocenters. The van der Waals surface area contributed by atoms with E-state index in [0.29, 0.717) is 13.2 Å². The molecule has 0 aliphatic carbocycles. The zero-order valence-electron chi connectivity index (χ0n) is 14.0. The van der Waals surface area contributed by atoms with Crippen molar-refractivity contribution in [1.82, 2.24) is 10.2 Å². The van der Waals surface area contributed by atoms with E-state index in [1.807, 2.05) is 56.4 Å². The molecule has 5 heteroatoms. The van der Waals surface area contributed by atoms with E-state index < -0.39 is 0 Å². The van der Waals surface area contributed by atoms with Gasteiger partial charge in [-0.2, -0.15) is 0 Å². The number of nitrogens with zero attached hydrogens (tertiary/aromatic N) is 1. The first-order chi connectivity index (χ1) is 11.1. The van der Waals surface area contributed by atoms with Gasteiger partial charge in [0, 0.05) is 25.7 Å². The van der Waals surface area contributed by atoms with Crippen LogP contribution in [0.2, 0.25) is 0 Å². The minimum Gasteiger partial charge on any atom is -0.492 e. The molecule has 1 N–H and O–H groups in total. The molecule has 0 saturated carbocycles. The van der Waals surface area contributed by atoms with Crippen LogP contribution in [0.5, 0.6) is 5.75 Å². The number of carbonyl (C=O) groups excluding carboxylic acids is 1. The summed E-state index contributed by atoms with van der Waals surface area (Å²) in [4.78, 5) is 14.2. The van der Waals surface area contributed by atoms with Crippen LogP contribution >= 0.6 is 12.4 Å². The molecule has 128 valence electrons. The van der Waals surface area contributed by atoms with E-state index in [-0.39, 0.29) is 18.3 Å². The van der Waals surface area contributed by atoms with Crippen LogP contribution in [0.1, 0.15) is 27.0 Å². The van der Waals surface area contributed by atoms with Crippen LogP contribution in [0.4, 0.5) is 0 Å². The van der Waals surface area contributed by atoms with Crippen molar-refractivity contribution in [2.45, 2.75) is 20.0 Å². The number of halogens is 1. The maximum Gasteiger partial charge on any atom is 0.253 e. The molecule has 0 unspecified atom stereocenters. The summed E-state index contributed by atoms with van der Waals surface area (Å²) in [5, 5.41) is 3.30. The third-order valence-electron chi connectivity index (χ3n) is 4.12. The van der Waals surface area contributed by atoms with Crippen LogP contribution in [0, 0.1) is 6.92 Å². The lowest BCUT2D eigenvalue weighted by Gasteiger charge is -2.18. The molecule has 2 aromatic carbocycles. The third-order valence-corrected chi connectivity index (χ3v) is 4.12. The molecule has 0 bridgehead atoms. The van der Waals surface area contributed by atoms with Crippen LogP contribution in [0.25, 0.3) is 0 Å². The summed E-state index contributed by atoms with van der Waals surface area (Å²) in [5.74, 6) is 0.877. The first-order valence-electron chi connectivity index (χ1n) is 7.91. The predicted octanol–water partition coefficient (Wildman–Crippen LogP) is 3.17. The number of amides is 1. The van der Waals surface area contributed by atoms with Gasteiger partial charge < -0.3 is 15.0 Å². The zero-order valence-corrected chi connectivity index (χ0v) is 14.9. The predicted molar refractivity (Wildman–Crippen MR) is 97.9 cm³/mol. The Kier molecular flexibility index (Phi) is 6.23. The largest absolute Gasteiger partial charge is 0.492 e. The van der Waals surface area contributed by atoms with Crippen LogP contribution in [-0.4, -0.2) is 31.0 Å². The highest BCUT2D eigenvalue weighted by molar-refractivity contribution is 5.94. The van der Waals surface area contributed by atoms with Gasteiger partial charge in [0.25, 0.3) is 5.91 Å². The first kappa shape index (κ1) is 18.3. The number of likely N-dealkylation sites (N-methyl/N-ethyl adjacent to an activating group) is 1. The number of fused-ring (bicyclic) bond motifs is 1. The molecule has 1 aliphatic heterocycles. The Hall–Kier alpha value is -2.04. The van der Waals surface area contributed by atoms with E-state index in [4.69, 9.17) is 4.74 Å². The van der Waals surface area contributed by atoms with E-state index in [1.165, 1.54) is 16.7 Å². The van der Waals surface area contributed by atoms with Gasteiger partial charge >= 0.3 is 0 Å². The number of carbonyl (C=O) groups is 1. The maximum absolute atomic E-state index is 12.5. The number of aryl methyl sites for hydroxylation is 1. The Bertz CT molecular complexity index is 718. The fourth-order valence-corrected chi connectivity index (χ4v) is 2.76. The van der Waals surface area contributed by atoms with Gasteiger partial charge in [-0.3, -0.25) is 4.79 Å². The summed E-state index contributed by atoms with van der Waals surface area (Å²) in [5.41, 5.74) is 4.41. The molecular weight excluding hydrogens is 324 g/mol. The first-order valence-corrected chi connectivity index (χ1v) is 7.91. The molecule has 0 radical (unpaired) electrons. The fraction of sp³-hybridized carbons (Fsp3) is 0.316. The fourth-order valence-electron chi connectivity index (χ4n) is 2.76. The Morgan fingerprint density at radius 3 is 2.75 bits per heavy atom. The average Bonchev–Trinajstić information content (AvgIpc) is 3.01. The van der Waals surface area contributed by atoms with E-state index in [9.17, 15) is 4.79 Å². The number of hydrogen-bond donors (Lipinski definition) is 1. The summed E-state index contributed by atoms with van der Waals surface area (Å²) in [6.07, 6.45) is 0. The van der Waals surface area contributed by atoms with Crippen LogP contribution in [-0.2, 0) is 13.1 Å². The van der Waals surface area contributed by atoms with Gasteiger partial charge in [-0.15, -0.1) is 12.4 Å². The zero-order chi connectivity index (χ0) is 16.2. The SMILES string of the molecule is Cc1cccc(OCCN(C)C(=O)c2ccc3c(c2)CNC3)c1.Cl. The molecule has 4 nitrogen and oxygen atoms in total. The molecule has 1 amide bonds. The van der Waals surface area contributed by atoms with Crippen LogP contribution in [0.3, 0.4) is 0 Å². The highest BCUT2D eigenvalue weighted by Crippen LogP contribution is 2.18. The topological polar surface area (TPSA) is 41.6 Å². The monoisotopic (exact) mass is 346 g/mol. The van der Waals surface area contributed by atoms with Gasteiger partial charge in [-0.1, -0.05) is 18.2 Å². The summed E-state index contributed by atoms with van der Waals surface area (Å²) in [6, 6.07) is 13.9. The lowest BCUT2D eigenvalue weighted by Crippen LogP contribution is -2.31. The van der Waals surface area contributed by atoms with Gasteiger partial charge in [0.05, 0.1) is 6.54 Å². The lowest BCUT2D eigenvalue weighted by atomic mass is 10.1. The van der Waals surface area contributed by atoms with Crippen molar-refractivity contribution in [2.24, 2.45) is 0 Å². The molecule has 1 heterocycles. The minimum absolute atomic E-state index is 0. The molecular formula is C19H23ClN2O2. The van der Waals surface area contributed by atoms with Gasteiger partial charge in [0.15, 0.2) is 0 Å². The summed E-state index contributed by atoms with van der Waals surface area (Å²) < 4.78 is 5.71. The average molecular weight is 347 g/mol. The molecule has 0 aromatic heterocycles. The quantitative estimate of drug-likeness (QED) is 0.904. The minimum atomic E-state index is 0. The van der Waals surface area contributed by atoms with E-state index in [2.05, 4.69) is 5.32 Å². The lowest BCUT2D eigenvalue weighted by molar-refractivity contribution is 0.0773. The maximum atomic E-state index is 12.5. The molecule has 0 spiro atoms. The van der Waals surface area contributed by atoms with Crippen molar-refractivity contribution < 1.29 is 9.53 Å². The van der Waals surface area contributed by atoms with E-state index in [1.54, 1.807) is 4.90 Å².